The van der Waals surface area contributed by atoms with Gasteiger partial charge in [0.2, 0.25) is 0 Å². The molecule has 6 heterocycles. The second-order valence-electron chi connectivity index (χ2n) is 17.9. The van der Waals surface area contributed by atoms with Gasteiger partial charge in [-0.25, -0.2) is 29.9 Å². The van der Waals surface area contributed by atoms with E-state index in [-0.39, 0.29) is 16.8 Å². The number of benzene rings is 4. The summed E-state index contributed by atoms with van der Waals surface area (Å²) in [7, 11) is 0. The fourth-order valence-electron chi connectivity index (χ4n) is 9.44. The maximum absolute atomic E-state index is 5.11. The molecule has 6 aromatic heterocycles. The van der Waals surface area contributed by atoms with Crippen LogP contribution in [0.5, 0.6) is 0 Å². The second-order valence-corrected chi connectivity index (χ2v) is 17.9. The van der Waals surface area contributed by atoms with E-state index >= 15 is 0 Å². The molecule has 0 atom stereocenters. The van der Waals surface area contributed by atoms with Crippen molar-refractivity contribution in [3.05, 3.63) is 133 Å². The molecule has 0 saturated heterocycles. The zero-order valence-corrected chi connectivity index (χ0v) is 41.9. The van der Waals surface area contributed by atoms with Gasteiger partial charge >= 0.3 is 0 Å². The summed E-state index contributed by atoms with van der Waals surface area (Å²) >= 11 is 0. The summed E-state index contributed by atoms with van der Waals surface area (Å²) in [5.41, 5.74) is 12.4. The Balaban J connectivity index is 0.000000183. The predicted octanol–water partition coefficient (Wildman–Crippen LogP) is 15.0. The van der Waals surface area contributed by atoms with Crippen LogP contribution in [0, 0.1) is 0 Å². The first kappa shape index (κ1) is 49.0. The third kappa shape index (κ3) is 10.9. The van der Waals surface area contributed by atoms with Crippen molar-refractivity contribution in [2.24, 2.45) is 0 Å². The summed E-state index contributed by atoms with van der Waals surface area (Å²) in [4.78, 5) is 30.2. The van der Waals surface area contributed by atoms with Gasteiger partial charge in [-0.05, 0) is 98.5 Å². The van der Waals surface area contributed by atoms with Crippen LogP contribution in [-0.4, -0.2) is 48.2 Å². The number of fused-ring (bicyclic) bond motifs is 4. The van der Waals surface area contributed by atoms with Crippen LogP contribution in [0.25, 0.3) is 90.2 Å². The zero-order valence-electron chi connectivity index (χ0n) is 40.8. The summed E-state index contributed by atoms with van der Waals surface area (Å²) in [5, 5.41) is 0. The summed E-state index contributed by atoms with van der Waals surface area (Å²) < 4.78 is 9.34. The number of hydrogen-bond donors (Lipinski definition) is 0. The molecule has 10 rings (SSSR count). The Morgan fingerprint density at radius 3 is 0.739 bits per heavy atom. The first-order valence-electron chi connectivity index (χ1n) is 25.4. The monoisotopic (exact) mass is 961 g/mol. The molecule has 0 N–H and O–H groups in total. The molecule has 0 aliphatic rings. The molecular weight excluding hydrogens is 896 g/mol. The third-order valence-corrected chi connectivity index (χ3v) is 13.0. The van der Waals surface area contributed by atoms with Crippen molar-refractivity contribution in [1.82, 2.24) is 48.2 Å². The number of rotatable bonds is 20. The largest absolute Gasteiger partial charge is 0.323 e. The molecular formula is C58H66CoN10. The van der Waals surface area contributed by atoms with E-state index in [4.69, 9.17) is 29.9 Å². The Morgan fingerprint density at radius 2 is 0.507 bits per heavy atom. The maximum Gasteiger partial charge on any atom is 0.159 e. The molecule has 11 heteroatoms. The smallest absolute Gasteiger partial charge is 0.159 e. The molecule has 0 aliphatic heterocycles. The minimum atomic E-state index is 0. The topological polar surface area (TPSA) is 97.1 Å². The van der Waals surface area contributed by atoms with Crippen LogP contribution in [0.3, 0.4) is 0 Å². The molecule has 0 aliphatic carbocycles. The molecule has 0 saturated carbocycles. The van der Waals surface area contributed by atoms with E-state index in [9.17, 15) is 0 Å². The zero-order chi connectivity index (χ0) is 46.7. The Morgan fingerprint density at radius 1 is 0.275 bits per heavy atom. The van der Waals surface area contributed by atoms with Crippen molar-refractivity contribution < 1.29 is 16.8 Å². The van der Waals surface area contributed by atoms with Gasteiger partial charge in [0.1, 0.15) is 22.8 Å². The van der Waals surface area contributed by atoms with Crippen LogP contribution in [0.2, 0.25) is 0 Å². The van der Waals surface area contributed by atoms with E-state index in [0.29, 0.717) is 0 Å². The number of hydrogen-bond acceptors (Lipinski definition) is 6. The summed E-state index contributed by atoms with van der Waals surface area (Å²) in [6.45, 7) is 12.8. The van der Waals surface area contributed by atoms with Gasteiger partial charge in [-0.1, -0.05) is 140 Å². The summed E-state index contributed by atoms with van der Waals surface area (Å²) in [5.74, 6) is 3.75. The van der Waals surface area contributed by atoms with Crippen LogP contribution in [-0.2, 0) is 43.0 Å². The molecule has 1 radical (unpaired) electrons. The normalized spacial score (nSPS) is 11.4. The molecule has 357 valence electrons. The Hall–Kier alpha value is -6.43. The molecule has 0 amide bonds. The first-order valence-corrected chi connectivity index (χ1v) is 25.4. The molecule has 4 aromatic carbocycles. The molecule has 10 nitrogen and oxygen atoms in total. The van der Waals surface area contributed by atoms with Crippen molar-refractivity contribution in [3.63, 3.8) is 0 Å². The van der Waals surface area contributed by atoms with Gasteiger partial charge in [0.15, 0.2) is 23.3 Å². The van der Waals surface area contributed by atoms with E-state index in [0.717, 1.165) is 120 Å². The van der Waals surface area contributed by atoms with Gasteiger partial charge in [0.05, 0.1) is 44.1 Å². The minimum absolute atomic E-state index is 0. The Bertz CT molecular complexity index is 2810. The van der Waals surface area contributed by atoms with Crippen molar-refractivity contribution in [2.75, 3.05) is 0 Å². The van der Waals surface area contributed by atoms with Crippen molar-refractivity contribution in [1.29, 1.82) is 0 Å². The predicted molar refractivity (Wildman–Crippen MR) is 281 cm³/mol. The van der Waals surface area contributed by atoms with Gasteiger partial charge in [-0.2, -0.15) is 0 Å². The van der Waals surface area contributed by atoms with Crippen LogP contribution in [0.1, 0.15) is 105 Å². The molecule has 0 bridgehead atoms. The fourth-order valence-corrected chi connectivity index (χ4v) is 9.44. The maximum atomic E-state index is 5.11. The molecule has 0 spiro atoms. The van der Waals surface area contributed by atoms with E-state index < -0.39 is 0 Å². The number of aromatic nitrogens is 10. The van der Waals surface area contributed by atoms with Gasteiger partial charge in [0, 0.05) is 43.0 Å². The number of unbranched alkanes of at least 4 members (excludes halogenated alkanes) is 8. The van der Waals surface area contributed by atoms with Gasteiger partial charge in [-0.15, -0.1) is 0 Å². The molecule has 0 unspecified atom stereocenters. The van der Waals surface area contributed by atoms with Gasteiger partial charge in [0.25, 0.3) is 0 Å². The van der Waals surface area contributed by atoms with E-state index in [1.165, 1.54) is 73.4 Å². The molecule has 69 heavy (non-hydrogen) atoms. The van der Waals surface area contributed by atoms with Crippen molar-refractivity contribution in [2.45, 2.75) is 131 Å². The van der Waals surface area contributed by atoms with Crippen molar-refractivity contribution in [3.8, 4) is 46.1 Å². The van der Waals surface area contributed by atoms with Gasteiger partial charge in [-0.3, -0.25) is 0 Å². The van der Waals surface area contributed by atoms with Crippen LogP contribution in [0.4, 0.5) is 0 Å². The van der Waals surface area contributed by atoms with Crippen LogP contribution >= 0.6 is 0 Å². The number of imidazole rings is 4. The summed E-state index contributed by atoms with van der Waals surface area (Å²) in [6.07, 6.45) is 14.2. The van der Waals surface area contributed by atoms with E-state index in [2.05, 4.69) is 179 Å². The minimum Gasteiger partial charge on any atom is -0.323 e. The third-order valence-electron chi connectivity index (χ3n) is 13.0. The van der Waals surface area contributed by atoms with Crippen LogP contribution < -0.4 is 0 Å². The van der Waals surface area contributed by atoms with Gasteiger partial charge < -0.3 is 18.3 Å². The number of para-hydroxylation sites is 8. The molecule has 0 fully saturated rings. The molecule has 10 aromatic rings. The van der Waals surface area contributed by atoms with E-state index in [1.54, 1.807) is 0 Å². The number of pyridine rings is 2. The summed E-state index contributed by atoms with van der Waals surface area (Å²) in [6, 6.07) is 46.0. The second kappa shape index (κ2) is 23.7. The Kier molecular flexibility index (Phi) is 16.8. The quantitative estimate of drug-likeness (QED) is 0.0706. The fraction of sp³-hybridized carbons (Fsp3) is 0.345. The number of aryl methyl sites for hydroxylation is 4. The van der Waals surface area contributed by atoms with E-state index in [1.807, 2.05) is 0 Å². The van der Waals surface area contributed by atoms with Crippen molar-refractivity contribution >= 4 is 44.1 Å². The average molecular weight is 962 g/mol. The van der Waals surface area contributed by atoms with Crippen LogP contribution in [0.15, 0.2) is 133 Å². The standard InChI is InChI=1S/2C29H33N5.Co/c2*1-3-5-11-20-33-26-18-9-7-14-22(26)31-28(33)24-16-13-17-25(30-24)29-32-23-15-8-10-19-27(23)34(29)21-12-6-4-2;/h2*7-10,13-19H,3-6,11-12,20-21H2,1-2H3;. The Labute approximate surface area is 417 Å². The SMILES string of the molecule is CCCCCn1c(-c2cccc(-c3nc4ccccc4n3CCCCC)n2)nc2ccccc21.CCCCCn1c(-c2cccc(-c3nc4ccccc4n3CCCCC)n2)nc2ccccc21.[Co]. The number of nitrogens with zero attached hydrogens (tertiary/aromatic N) is 10. The average Bonchev–Trinajstić information content (AvgIpc) is 4.16. The first-order chi connectivity index (χ1) is 33.6.